The van der Waals surface area contributed by atoms with Crippen LogP contribution in [0.3, 0.4) is 0 Å². The predicted molar refractivity (Wildman–Crippen MR) is 111 cm³/mol. The standard InChI is InChI=1S/C22H18FN3O4S/c1-2-26(17-7-4-3-5-8-17)31(29,30)19-13-16(23)11-10-15(19)14-25-21(27)18-9-6-12-24-20(18)22(25)28/h3-13H,2,14H2,1H3. The van der Waals surface area contributed by atoms with Gasteiger partial charge in [0.1, 0.15) is 11.5 Å². The van der Waals surface area contributed by atoms with Gasteiger partial charge in [0.2, 0.25) is 0 Å². The molecule has 0 saturated carbocycles. The number of nitrogens with zero attached hydrogens (tertiary/aromatic N) is 3. The fourth-order valence-electron chi connectivity index (χ4n) is 3.53. The Bertz CT molecular complexity index is 1240. The van der Waals surface area contributed by atoms with Crippen molar-refractivity contribution in [3.8, 4) is 0 Å². The van der Waals surface area contributed by atoms with Crippen molar-refractivity contribution in [3.63, 3.8) is 0 Å². The van der Waals surface area contributed by atoms with Crippen molar-refractivity contribution >= 4 is 27.5 Å². The van der Waals surface area contributed by atoms with Crippen LogP contribution in [0.1, 0.15) is 33.3 Å². The molecule has 1 aliphatic heterocycles. The summed E-state index contributed by atoms with van der Waals surface area (Å²) in [5.74, 6) is -1.93. The average molecular weight is 439 g/mol. The molecule has 158 valence electrons. The van der Waals surface area contributed by atoms with Gasteiger partial charge in [0, 0.05) is 12.7 Å². The maximum atomic E-state index is 14.1. The first-order valence-corrected chi connectivity index (χ1v) is 11.0. The zero-order chi connectivity index (χ0) is 22.2. The predicted octanol–water partition coefficient (Wildman–Crippen LogP) is 3.23. The van der Waals surface area contributed by atoms with Crippen LogP contribution >= 0.6 is 0 Å². The van der Waals surface area contributed by atoms with Gasteiger partial charge in [0.25, 0.3) is 21.8 Å². The number of benzene rings is 2. The summed E-state index contributed by atoms with van der Waals surface area (Å²) in [5.41, 5.74) is 0.715. The van der Waals surface area contributed by atoms with Crippen LogP contribution in [0.15, 0.2) is 71.8 Å². The summed E-state index contributed by atoms with van der Waals surface area (Å²) < 4.78 is 42.1. The van der Waals surface area contributed by atoms with E-state index in [2.05, 4.69) is 4.98 Å². The van der Waals surface area contributed by atoms with Crippen LogP contribution in [-0.4, -0.2) is 36.7 Å². The van der Waals surface area contributed by atoms with Gasteiger partial charge in [-0.1, -0.05) is 24.3 Å². The highest BCUT2D eigenvalue weighted by Crippen LogP contribution is 2.29. The third kappa shape index (κ3) is 3.57. The molecule has 0 N–H and O–H groups in total. The third-order valence-corrected chi connectivity index (χ3v) is 6.97. The number of imide groups is 1. The Hall–Kier alpha value is -3.59. The van der Waals surface area contributed by atoms with Gasteiger partial charge in [-0.2, -0.15) is 0 Å². The lowest BCUT2D eigenvalue weighted by Gasteiger charge is -2.25. The van der Waals surface area contributed by atoms with Crippen molar-refractivity contribution < 1.29 is 22.4 Å². The summed E-state index contributed by atoms with van der Waals surface area (Å²) >= 11 is 0. The van der Waals surface area contributed by atoms with Crippen molar-refractivity contribution in [2.24, 2.45) is 0 Å². The zero-order valence-corrected chi connectivity index (χ0v) is 17.3. The minimum Gasteiger partial charge on any atom is -0.268 e. The van der Waals surface area contributed by atoms with Crippen LogP contribution in [-0.2, 0) is 16.6 Å². The van der Waals surface area contributed by atoms with E-state index < -0.39 is 27.7 Å². The Morgan fingerprint density at radius 1 is 1.00 bits per heavy atom. The fourth-order valence-corrected chi connectivity index (χ4v) is 5.23. The molecule has 2 heterocycles. The van der Waals surface area contributed by atoms with Crippen LogP contribution < -0.4 is 4.31 Å². The highest BCUT2D eigenvalue weighted by atomic mass is 32.2. The SMILES string of the molecule is CCN(c1ccccc1)S(=O)(=O)c1cc(F)ccc1CN1C(=O)c2cccnc2C1=O. The molecule has 2 amide bonds. The number of hydrogen-bond donors (Lipinski definition) is 0. The molecule has 9 heteroatoms. The van der Waals surface area contributed by atoms with Crippen molar-refractivity contribution in [1.29, 1.82) is 0 Å². The summed E-state index contributed by atoms with van der Waals surface area (Å²) in [7, 11) is -4.17. The van der Waals surface area contributed by atoms with E-state index in [4.69, 9.17) is 0 Å². The highest BCUT2D eigenvalue weighted by Gasteiger charge is 2.38. The number of anilines is 1. The quantitative estimate of drug-likeness (QED) is 0.551. The molecule has 0 spiro atoms. The maximum Gasteiger partial charge on any atom is 0.280 e. The molecule has 0 fully saturated rings. The Labute approximate surface area is 178 Å². The van der Waals surface area contributed by atoms with Gasteiger partial charge in [-0.3, -0.25) is 23.8 Å². The first-order chi connectivity index (χ1) is 14.8. The summed E-state index contributed by atoms with van der Waals surface area (Å²) in [6.07, 6.45) is 1.40. The molecule has 4 rings (SSSR count). The van der Waals surface area contributed by atoms with Gasteiger partial charge in [-0.15, -0.1) is 0 Å². The number of hydrogen-bond acceptors (Lipinski definition) is 5. The lowest BCUT2D eigenvalue weighted by molar-refractivity contribution is 0.0639. The molecule has 0 atom stereocenters. The molecular formula is C22H18FN3O4S. The number of rotatable bonds is 6. The number of amides is 2. The van der Waals surface area contributed by atoms with Crippen molar-refractivity contribution in [2.45, 2.75) is 18.4 Å². The number of carbonyl (C=O) groups is 2. The molecule has 31 heavy (non-hydrogen) atoms. The molecule has 0 aliphatic carbocycles. The van der Waals surface area contributed by atoms with E-state index in [1.807, 2.05) is 0 Å². The number of halogens is 1. The molecule has 0 unspecified atom stereocenters. The first-order valence-electron chi connectivity index (χ1n) is 9.52. The topological polar surface area (TPSA) is 87.7 Å². The molecular weight excluding hydrogens is 421 g/mol. The third-order valence-electron chi connectivity index (χ3n) is 4.99. The summed E-state index contributed by atoms with van der Waals surface area (Å²) in [6.45, 7) is 1.45. The van der Waals surface area contributed by atoms with Crippen molar-refractivity contribution in [1.82, 2.24) is 9.88 Å². The number of sulfonamides is 1. The van der Waals surface area contributed by atoms with Crippen LogP contribution in [0.5, 0.6) is 0 Å². The number of fused-ring (bicyclic) bond motifs is 1. The fraction of sp³-hybridized carbons (Fsp3) is 0.136. The summed E-state index contributed by atoms with van der Waals surface area (Å²) in [4.78, 5) is 29.9. The maximum absolute atomic E-state index is 14.1. The van der Waals surface area contributed by atoms with Crippen LogP contribution in [0.2, 0.25) is 0 Å². The Morgan fingerprint density at radius 3 is 2.42 bits per heavy atom. The number of para-hydroxylation sites is 1. The second kappa shape index (κ2) is 7.92. The molecule has 1 aliphatic rings. The van der Waals surface area contributed by atoms with Crippen molar-refractivity contribution in [2.75, 3.05) is 10.8 Å². The van der Waals surface area contributed by atoms with Crippen LogP contribution in [0.4, 0.5) is 10.1 Å². The lowest BCUT2D eigenvalue weighted by Crippen LogP contribution is -2.34. The number of aromatic nitrogens is 1. The molecule has 1 aromatic heterocycles. The minimum atomic E-state index is -4.17. The van der Waals surface area contributed by atoms with E-state index in [-0.39, 0.29) is 34.8 Å². The second-order valence-electron chi connectivity index (χ2n) is 6.85. The van der Waals surface area contributed by atoms with E-state index in [1.165, 1.54) is 18.3 Å². The van der Waals surface area contributed by atoms with E-state index in [0.29, 0.717) is 5.69 Å². The first kappa shape index (κ1) is 20.7. The van der Waals surface area contributed by atoms with Gasteiger partial charge in [0.05, 0.1) is 22.7 Å². The highest BCUT2D eigenvalue weighted by molar-refractivity contribution is 7.92. The molecule has 0 saturated heterocycles. The molecule has 7 nitrogen and oxygen atoms in total. The number of pyridine rings is 1. The minimum absolute atomic E-state index is 0.0125. The van der Waals surface area contributed by atoms with Crippen molar-refractivity contribution in [3.05, 3.63) is 89.5 Å². The average Bonchev–Trinajstić information content (AvgIpc) is 3.01. The second-order valence-corrected chi connectivity index (χ2v) is 8.68. The van der Waals surface area contributed by atoms with Crippen LogP contribution in [0, 0.1) is 5.82 Å². The van der Waals surface area contributed by atoms with Gasteiger partial charge in [-0.25, -0.2) is 12.8 Å². The smallest absolute Gasteiger partial charge is 0.268 e. The number of carbonyl (C=O) groups excluding carboxylic acids is 2. The van der Waals surface area contributed by atoms with E-state index in [9.17, 15) is 22.4 Å². The normalized spacial score (nSPS) is 13.4. The molecule has 2 aromatic carbocycles. The Balaban J connectivity index is 1.76. The molecule has 0 radical (unpaired) electrons. The molecule has 0 bridgehead atoms. The van der Waals surface area contributed by atoms with Crippen LogP contribution in [0.25, 0.3) is 0 Å². The van der Waals surface area contributed by atoms with E-state index in [1.54, 1.807) is 43.3 Å². The monoisotopic (exact) mass is 439 g/mol. The van der Waals surface area contributed by atoms with Gasteiger partial charge >= 0.3 is 0 Å². The Kier molecular flexibility index (Phi) is 5.28. The zero-order valence-electron chi connectivity index (χ0n) is 16.5. The van der Waals surface area contributed by atoms with Gasteiger partial charge < -0.3 is 0 Å². The van der Waals surface area contributed by atoms with Gasteiger partial charge in [0.15, 0.2) is 0 Å². The Morgan fingerprint density at radius 2 is 1.74 bits per heavy atom. The van der Waals surface area contributed by atoms with E-state index in [0.717, 1.165) is 21.3 Å². The summed E-state index contributed by atoms with van der Waals surface area (Å²) in [6, 6.07) is 14.7. The summed E-state index contributed by atoms with van der Waals surface area (Å²) in [5, 5.41) is 0. The lowest BCUT2D eigenvalue weighted by atomic mass is 10.2. The van der Waals surface area contributed by atoms with E-state index >= 15 is 0 Å². The largest absolute Gasteiger partial charge is 0.280 e. The van der Waals surface area contributed by atoms with Gasteiger partial charge in [-0.05, 0) is 48.9 Å². The molecule has 3 aromatic rings.